The van der Waals surface area contributed by atoms with Crippen molar-refractivity contribution in [2.45, 2.75) is 65.5 Å². The first-order chi connectivity index (χ1) is 27.1. The second-order valence-electron chi connectivity index (χ2n) is 12.3. The lowest BCUT2D eigenvalue weighted by Crippen LogP contribution is -2.11. The molecule has 0 nitrogen and oxygen atoms in total. The van der Waals surface area contributed by atoms with Gasteiger partial charge >= 0.3 is 30.9 Å². The van der Waals surface area contributed by atoms with Gasteiger partial charge in [-0.2, -0.15) is 65.9 Å². The molecule has 0 aliphatic rings. The standard InChI is InChI=1S/C9H6F6.3C8H7F3.C7H3F5/c1-5-2-6(8(10,11)12)4-7(3-5)9(13,14)15;1-6-2-4-7(5-3-6)8(9,10)11;1-6-3-2-4-7(5-6)8(9,10)11;1-6-4-2-3-5-7(6)8(9,10)11;1-2-3(8)5(10)7(12)6(11)4(2)9/h2-4H,1H3;3*2-5H,1H3;1H3. The summed E-state index contributed by atoms with van der Waals surface area (Å²) < 4.78 is 242. The van der Waals surface area contributed by atoms with Gasteiger partial charge in [-0.15, -0.1) is 0 Å². The first kappa shape index (κ1) is 52.7. The zero-order chi connectivity index (χ0) is 46.8. The Morgan fingerprint density at radius 1 is 0.300 bits per heavy atom. The molecule has 60 heavy (non-hydrogen) atoms. The molecule has 0 heterocycles. The van der Waals surface area contributed by atoms with Crippen molar-refractivity contribution in [1.29, 1.82) is 0 Å². The summed E-state index contributed by atoms with van der Waals surface area (Å²) in [5.41, 5.74) is -3.52. The number of rotatable bonds is 0. The Morgan fingerprint density at radius 2 is 0.683 bits per heavy atom. The summed E-state index contributed by atoms with van der Waals surface area (Å²) in [5, 5.41) is 0. The second-order valence-corrected chi connectivity index (χ2v) is 12.3. The Hall–Kier alpha value is -5.30. The first-order valence-electron chi connectivity index (χ1n) is 16.2. The number of benzene rings is 5. The first-order valence-corrected chi connectivity index (χ1v) is 16.2. The van der Waals surface area contributed by atoms with E-state index in [0.717, 1.165) is 42.8 Å². The molecule has 0 saturated carbocycles. The van der Waals surface area contributed by atoms with Crippen LogP contribution in [0, 0.1) is 63.7 Å². The van der Waals surface area contributed by atoms with E-state index in [9.17, 15) is 87.8 Å². The van der Waals surface area contributed by atoms with Crippen molar-refractivity contribution in [3.8, 4) is 0 Å². The van der Waals surface area contributed by atoms with Crippen LogP contribution in [0.15, 0.2) is 91.0 Å². The number of hydrogen-bond acceptors (Lipinski definition) is 0. The normalized spacial score (nSPS) is 11.8. The van der Waals surface area contributed by atoms with E-state index in [2.05, 4.69) is 0 Å². The third-order valence-electron chi connectivity index (χ3n) is 7.34. The van der Waals surface area contributed by atoms with E-state index >= 15 is 0 Å². The predicted octanol–water partition coefficient (Wildman–Crippen LogP) is 15.8. The van der Waals surface area contributed by atoms with Crippen LogP contribution < -0.4 is 0 Å². The van der Waals surface area contributed by atoms with E-state index in [1.165, 1.54) is 44.2 Å². The highest BCUT2D eigenvalue weighted by Gasteiger charge is 2.37. The molecule has 330 valence electrons. The van der Waals surface area contributed by atoms with Gasteiger partial charge in [0.1, 0.15) is 0 Å². The summed E-state index contributed by atoms with van der Waals surface area (Å²) in [6.07, 6.45) is -22.2. The van der Waals surface area contributed by atoms with Gasteiger partial charge < -0.3 is 0 Å². The lowest BCUT2D eigenvalue weighted by Gasteiger charge is -2.12. The Balaban J connectivity index is 0.000000377. The lowest BCUT2D eigenvalue weighted by atomic mass is 10.1. The highest BCUT2D eigenvalue weighted by Crippen LogP contribution is 2.36. The molecule has 0 atom stereocenters. The fourth-order valence-corrected chi connectivity index (χ4v) is 4.28. The van der Waals surface area contributed by atoms with Gasteiger partial charge in [-0.3, -0.25) is 0 Å². The molecule has 0 fully saturated rings. The fourth-order valence-electron chi connectivity index (χ4n) is 4.28. The quantitative estimate of drug-likeness (QED) is 0.0826. The number of hydrogen-bond donors (Lipinski definition) is 0. The van der Waals surface area contributed by atoms with Crippen molar-refractivity contribution in [3.63, 3.8) is 0 Å². The smallest absolute Gasteiger partial charge is 0.203 e. The van der Waals surface area contributed by atoms with Gasteiger partial charge in [0.05, 0.1) is 27.8 Å². The maximum absolute atomic E-state index is 12.4. The summed E-state index contributed by atoms with van der Waals surface area (Å²) >= 11 is 0. The van der Waals surface area contributed by atoms with Crippen LogP contribution in [0.5, 0.6) is 0 Å². The summed E-state index contributed by atoms with van der Waals surface area (Å²) in [6.45, 7) is 6.83. The van der Waals surface area contributed by atoms with Gasteiger partial charge in [-0.05, 0) is 88.2 Å². The van der Waals surface area contributed by atoms with E-state index in [4.69, 9.17) is 0 Å². The lowest BCUT2D eigenvalue weighted by molar-refractivity contribution is -0.143. The molecule has 0 aliphatic carbocycles. The molecule has 0 radical (unpaired) electrons. The summed E-state index contributed by atoms with van der Waals surface area (Å²) in [4.78, 5) is 0. The molecule has 0 bridgehead atoms. The summed E-state index contributed by atoms with van der Waals surface area (Å²) in [5.74, 6) is -9.52. The van der Waals surface area contributed by atoms with Crippen molar-refractivity contribution in [1.82, 2.24) is 0 Å². The van der Waals surface area contributed by atoms with Crippen LogP contribution in [0.25, 0.3) is 0 Å². The van der Waals surface area contributed by atoms with Crippen molar-refractivity contribution in [3.05, 3.63) is 176 Å². The van der Waals surface area contributed by atoms with Crippen molar-refractivity contribution in [2.24, 2.45) is 0 Å². The molecular weight excluding hydrogens is 860 g/mol. The topological polar surface area (TPSA) is 0 Å². The zero-order valence-electron chi connectivity index (χ0n) is 31.2. The average Bonchev–Trinajstić information content (AvgIpc) is 3.12. The van der Waals surface area contributed by atoms with Gasteiger partial charge in [0.15, 0.2) is 23.3 Å². The van der Waals surface area contributed by atoms with Crippen LogP contribution in [0.2, 0.25) is 0 Å². The molecule has 0 spiro atoms. The second kappa shape index (κ2) is 20.8. The average molecular weight is 891 g/mol. The highest BCUT2D eigenvalue weighted by atomic mass is 19.4. The van der Waals surface area contributed by atoms with Crippen molar-refractivity contribution in [2.75, 3.05) is 0 Å². The van der Waals surface area contributed by atoms with E-state index in [1.54, 1.807) is 26.0 Å². The van der Waals surface area contributed by atoms with Crippen molar-refractivity contribution >= 4 is 0 Å². The molecule has 0 amide bonds. The predicted molar refractivity (Wildman–Crippen MR) is 181 cm³/mol. The molecule has 0 saturated heterocycles. The van der Waals surface area contributed by atoms with E-state index in [1.807, 2.05) is 0 Å². The molecule has 5 aromatic rings. The maximum atomic E-state index is 12.4. The molecule has 0 aromatic heterocycles. The largest absolute Gasteiger partial charge is 0.416 e. The maximum Gasteiger partial charge on any atom is 0.416 e. The number of halogens is 20. The minimum Gasteiger partial charge on any atom is -0.203 e. The third-order valence-corrected chi connectivity index (χ3v) is 7.34. The van der Waals surface area contributed by atoms with Crippen LogP contribution in [-0.2, 0) is 30.9 Å². The minimum atomic E-state index is -4.76. The molecule has 0 unspecified atom stereocenters. The molecule has 0 N–H and O–H groups in total. The zero-order valence-corrected chi connectivity index (χ0v) is 31.2. The van der Waals surface area contributed by atoms with E-state index < -0.39 is 93.3 Å². The van der Waals surface area contributed by atoms with E-state index in [0.29, 0.717) is 17.7 Å². The van der Waals surface area contributed by atoms with Crippen molar-refractivity contribution < 1.29 is 87.8 Å². The SMILES string of the molecule is Cc1c(F)c(F)c(F)c(F)c1F.Cc1cc(C(F)(F)F)cc(C(F)(F)F)c1.Cc1ccc(C(F)(F)F)cc1.Cc1cccc(C(F)(F)F)c1.Cc1ccccc1C(F)(F)F. The van der Waals surface area contributed by atoms with Crippen LogP contribution in [0.1, 0.15) is 55.6 Å². The fraction of sp³-hybridized carbons (Fsp3) is 0.250. The Morgan fingerprint density at radius 3 is 1.02 bits per heavy atom. The van der Waals surface area contributed by atoms with E-state index in [-0.39, 0.29) is 17.2 Å². The molecule has 0 aliphatic heterocycles. The van der Waals surface area contributed by atoms with Gasteiger partial charge in [0.25, 0.3) is 0 Å². The van der Waals surface area contributed by atoms with Crippen LogP contribution in [0.3, 0.4) is 0 Å². The Labute approximate surface area is 329 Å². The van der Waals surface area contributed by atoms with Crippen LogP contribution in [0.4, 0.5) is 87.8 Å². The monoisotopic (exact) mass is 890 g/mol. The van der Waals surface area contributed by atoms with Crippen LogP contribution >= 0.6 is 0 Å². The Kier molecular flexibility index (Phi) is 18.3. The van der Waals surface area contributed by atoms with Gasteiger partial charge in [0.2, 0.25) is 5.82 Å². The molecule has 5 aromatic carbocycles. The van der Waals surface area contributed by atoms with Crippen LogP contribution in [-0.4, -0.2) is 0 Å². The molecule has 20 heteroatoms. The van der Waals surface area contributed by atoms with Gasteiger partial charge in [-0.25, -0.2) is 22.0 Å². The number of aryl methyl sites for hydroxylation is 4. The molecular formula is C40H30F20. The number of alkyl halides is 15. The summed E-state index contributed by atoms with van der Waals surface area (Å²) in [7, 11) is 0. The highest BCUT2D eigenvalue weighted by molar-refractivity contribution is 5.33. The summed E-state index contributed by atoms with van der Waals surface area (Å²) in [6, 6.07) is 17.2. The Bertz CT molecular complexity index is 2000. The van der Waals surface area contributed by atoms with Gasteiger partial charge in [-0.1, -0.05) is 59.7 Å². The molecule has 5 rings (SSSR count). The third kappa shape index (κ3) is 16.8. The minimum absolute atomic E-state index is 0.0721. The van der Waals surface area contributed by atoms with Gasteiger partial charge in [0, 0.05) is 5.56 Å².